The number of rotatable bonds is 4. The molecule has 3 fully saturated rings. The van der Waals surface area contributed by atoms with Gasteiger partial charge in [-0.25, -0.2) is 0 Å². The zero-order valence-electron chi connectivity index (χ0n) is 14.2. The highest BCUT2D eigenvalue weighted by molar-refractivity contribution is 7.14. The summed E-state index contributed by atoms with van der Waals surface area (Å²) < 4.78 is 0. The first-order valence-electron chi connectivity index (χ1n) is 8.96. The monoisotopic (exact) mass is 345 g/mol. The van der Waals surface area contributed by atoms with E-state index in [9.17, 15) is 0 Å². The molecule has 0 radical (unpaired) electrons. The predicted octanol–water partition coefficient (Wildman–Crippen LogP) is 6.17. The minimum atomic E-state index is 0.322. The van der Waals surface area contributed by atoms with Crippen molar-refractivity contribution >= 4 is 22.7 Å². The Morgan fingerprint density at radius 3 is 2.83 bits per heavy atom. The average molecular weight is 346 g/mol. The molecule has 0 aliphatic heterocycles. The van der Waals surface area contributed by atoms with Gasteiger partial charge in [0.05, 0.1) is 0 Å². The summed E-state index contributed by atoms with van der Waals surface area (Å²) in [5.74, 6) is 2.89. The maximum Gasteiger partial charge on any atom is 0.0351 e. The quantitative estimate of drug-likeness (QED) is 0.698. The summed E-state index contributed by atoms with van der Waals surface area (Å²) in [5.41, 5.74) is 1.71. The lowest BCUT2D eigenvalue weighted by atomic mass is 9.62. The van der Waals surface area contributed by atoms with Gasteiger partial charge in [-0.05, 0) is 79.7 Å². The van der Waals surface area contributed by atoms with Crippen molar-refractivity contribution in [2.45, 2.75) is 58.0 Å². The molecule has 1 nitrogen and oxygen atoms in total. The van der Waals surface area contributed by atoms with E-state index in [1.807, 2.05) is 22.7 Å². The summed E-state index contributed by atoms with van der Waals surface area (Å²) in [5, 5.41) is 8.41. The third-order valence-electron chi connectivity index (χ3n) is 5.76. The van der Waals surface area contributed by atoms with E-state index in [1.165, 1.54) is 47.4 Å². The fourth-order valence-electron chi connectivity index (χ4n) is 4.87. The van der Waals surface area contributed by atoms with E-state index >= 15 is 0 Å². The van der Waals surface area contributed by atoms with Crippen molar-refractivity contribution in [3.63, 3.8) is 0 Å². The van der Waals surface area contributed by atoms with Crippen molar-refractivity contribution in [1.82, 2.24) is 5.32 Å². The van der Waals surface area contributed by atoms with Crippen LogP contribution in [0.4, 0.5) is 0 Å². The molecule has 3 aliphatic rings. The molecule has 2 aromatic rings. The molecule has 0 aromatic carbocycles. The smallest absolute Gasteiger partial charge is 0.0351 e. The minimum Gasteiger partial charge on any atom is -0.307 e. The van der Waals surface area contributed by atoms with E-state index in [4.69, 9.17) is 0 Å². The lowest BCUT2D eigenvalue weighted by molar-refractivity contribution is 0.0703. The van der Waals surface area contributed by atoms with Gasteiger partial charge in [0.1, 0.15) is 0 Å². The fraction of sp³-hybridized carbons (Fsp3) is 0.600. The molecule has 1 N–H and O–H groups in total. The summed E-state index contributed by atoms with van der Waals surface area (Å²) in [6.07, 6.45) is 7.14. The standard InChI is InChI=1S/C20H27NS2/c1-14-6-15-7-16(8-15)11-20(2,10-14)21-12-18-9-17(13-23-18)19-4-3-5-22-19/h3-5,9,13-16,21H,6-8,10-12H2,1-2H3. The van der Waals surface area contributed by atoms with Gasteiger partial charge in [0.2, 0.25) is 0 Å². The highest BCUT2D eigenvalue weighted by atomic mass is 32.1. The molecule has 2 unspecified atom stereocenters. The van der Waals surface area contributed by atoms with Gasteiger partial charge in [-0.15, -0.1) is 22.7 Å². The Kier molecular flexibility index (Phi) is 4.38. The Morgan fingerprint density at radius 2 is 2.04 bits per heavy atom. The molecular weight excluding hydrogens is 318 g/mol. The number of nitrogens with one attached hydrogen (secondary N) is 1. The second kappa shape index (κ2) is 6.34. The predicted molar refractivity (Wildman–Crippen MR) is 102 cm³/mol. The normalized spacial score (nSPS) is 33.7. The highest BCUT2D eigenvalue weighted by Gasteiger charge is 2.40. The molecular formula is C20H27NS2. The molecule has 0 spiro atoms. The Labute approximate surface area is 148 Å². The molecule has 23 heavy (non-hydrogen) atoms. The third-order valence-corrected chi connectivity index (χ3v) is 7.61. The number of hydrogen-bond donors (Lipinski definition) is 1. The minimum absolute atomic E-state index is 0.322. The largest absolute Gasteiger partial charge is 0.307 e. The molecule has 3 saturated carbocycles. The maximum absolute atomic E-state index is 3.94. The highest BCUT2D eigenvalue weighted by Crippen LogP contribution is 2.47. The van der Waals surface area contributed by atoms with Crippen molar-refractivity contribution < 1.29 is 0 Å². The fourth-order valence-corrected chi connectivity index (χ4v) is 6.48. The molecule has 0 saturated heterocycles. The molecule has 2 heterocycles. The molecule has 0 amide bonds. The first-order valence-corrected chi connectivity index (χ1v) is 10.7. The van der Waals surface area contributed by atoms with Crippen LogP contribution in [0.1, 0.15) is 50.8 Å². The summed E-state index contributed by atoms with van der Waals surface area (Å²) in [4.78, 5) is 2.86. The van der Waals surface area contributed by atoms with Gasteiger partial charge in [-0.3, -0.25) is 0 Å². The van der Waals surface area contributed by atoms with E-state index in [-0.39, 0.29) is 0 Å². The summed E-state index contributed by atoms with van der Waals surface area (Å²) >= 11 is 3.73. The van der Waals surface area contributed by atoms with E-state index in [0.29, 0.717) is 5.54 Å². The van der Waals surface area contributed by atoms with Crippen molar-refractivity contribution in [3.8, 4) is 10.4 Å². The van der Waals surface area contributed by atoms with Gasteiger partial charge in [-0.1, -0.05) is 13.0 Å². The third kappa shape index (κ3) is 3.57. The Hall–Kier alpha value is -0.640. The molecule has 3 heteroatoms. The van der Waals surface area contributed by atoms with Gasteiger partial charge < -0.3 is 5.32 Å². The van der Waals surface area contributed by atoms with Crippen molar-refractivity contribution in [2.75, 3.05) is 0 Å². The zero-order valence-corrected chi connectivity index (χ0v) is 15.8. The van der Waals surface area contributed by atoms with Gasteiger partial charge >= 0.3 is 0 Å². The van der Waals surface area contributed by atoms with Gasteiger partial charge in [-0.2, -0.15) is 0 Å². The second-order valence-corrected chi connectivity index (χ2v) is 10.1. The van der Waals surface area contributed by atoms with Crippen LogP contribution in [0, 0.1) is 17.8 Å². The molecule has 2 bridgehead atoms. The van der Waals surface area contributed by atoms with Crippen LogP contribution in [-0.4, -0.2) is 5.54 Å². The zero-order chi connectivity index (χ0) is 15.9. The number of hydrogen-bond acceptors (Lipinski definition) is 3. The SMILES string of the molecule is CC1CC2CC(C2)CC(C)(NCc2cc(-c3cccs3)cs2)C1. The number of fused-ring (bicyclic) bond motifs is 4. The topological polar surface area (TPSA) is 12.0 Å². The second-order valence-electron chi connectivity index (χ2n) is 8.15. The van der Waals surface area contributed by atoms with E-state index < -0.39 is 0 Å². The van der Waals surface area contributed by atoms with E-state index in [1.54, 1.807) is 0 Å². The van der Waals surface area contributed by atoms with Crippen LogP contribution in [0.2, 0.25) is 0 Å². The van der Waals surface area contributed by atoms with Crippen molar-refractivity contribution in [1.29, 1.82) is 0 Å². The van der Waals surface area contributed by atoms with Crippen molar-refractivity contribution in [3.05, 3.63) is 33.8 Å². The molecule has 124 valence electrons. The summed E-state index contributed by atoms with van der Waals surface area (Å²) in [6.45, 7) is 5.95. The van der Waals surface area contributed by atoms with Gasteiger partial charge in [0, 0.05) is 27.4 Å². The average Bonchev–Trinajstić information content (AvgIpc) is 3.11. The first-order chi connectivity index (χ1) is 11.1. The summed E-state index contributed by atoms with van der Waals surface area (Å²) in [6, 6.07) is 6.73. The number of thiophene rings is 2. The van der Waals surface area contributed by atoms with Crippen LogP contribution < -0.4 is 5.32 Å². The van der Waals surface area contributed by atoms with Crippen molar-refractivity contribution in [2.24, 2.45) is 17.8 Å². The summed E-state index contributed by atoms with van der Waals surface area (Å²) in [7, 11) is 0. The van der Waals surface area contributed by atoms with Crippen LogP contribution >= 0.6 is 22.7 Å². The van der Waals surface area contributed by atoms with Crippen LogP contribution in [0.15, 0.2) is 29.0 Å². The molecule has 3 aliphatic carbocycles. The van der Waals surface area contributed by atoms with Crippen LogP contribution in [0.5, 0.6) is 0 Å². The van der Waals surface area contributed by atoms with E-state index in [2.05, 4.69) is 48.1 Å². The molecule has 2 atom stereocenters. The lowest BCUT2D eigenvalue weighted by Gasteiger charge is -2.47. The Bertz CT molecular complexity index is 634. The lowest BCUT2D eigenvalue weighted by Crippen LogP contribution is -2.48. The van der Waals surface area contributed by atoms with Gasteiger partial charge in [0.25, 0.3) is 0 Å². The Morgan fingerprint density at radius 1 is 1.17 bits per heavy atom. The van der Waals surface area contributed by atoms with E-state index in [0.717, 1.165) is 24.3 Å². The van der Waals surface area contributed by atoms with Gasteiger partial charge in [0.15, 0.2) is 0 Å². The Balaban J connectivity index is 1.41. The first kappa shape index (κ1) is 15.9. The van der Waals surface area contributed by atoms with Crippen LogP contribution in [-0.2, 0) is 6.54 Å². The van der Waals surface area contributed by atoms with Crippen LogP contribution in [0.25, 0.3) is 10.4 Å². The molecule has 5 rings (SSSR count). The maximum atomic E-state index is 3.94. The molecule has 2 aromatic heterocycles. The van der Waals surface area contributed by atoms with Crippen LogP contribution in [0.3, 0.4) is 0 Å².